The molecule has 1 aromatic heterocycles. The van der Waals surface area contributed by atoms with E-state index in [9.17, 15) is 4.79 Å². The van der Waals surface area contributed by atoms with Gasteiger partial charge in [0.2, 0.25) is 5.91 Å². The number of nitrogens with zero attached hydrogens (tertiary/aromatic N) is 2. The highest BCUT2D eigenvalue weighted by atomic mass is 35.5. The summed E-state index contributed by atoms with van der Waals surface area (Å²) in [6.45, 7) is 2.20. The third kappa shape index (κ3) is 4.40. The fraction of sp³-hybridized carbons (Fsp3) is 0.211. The lowest BCUT2D eigenvalue weighted by atomic mass is 10.1. The van der Waals surface area contributed by atoms with E-state index in [2.05, 4.69) is 15.5 Å². The van der Waals surface area contributed by atoms with Gasteiger partial charge >= 0.3 is 0 Å². The van der Waals surface area contributed by atoms with Crippen molar-refractivity contribution in [3.05, 3.63) is 64.4 Å². The molecular formula is C19H18ClN3O3. The van der Waals surface area contributed by atoms with Crippen molar-refractivity contribution in [1.82, 2.24) is 15.5 Å². The van der Waals surface area contributed by atoms with Gasteiger partial charge in [0, 0.05) is 5.56 Å². The maximum Gasteiger partial charge on any atom is 0.257 e. The second kappa shape index (κ2) is 8.01. The first-order valence-corrected chi connectivity index (χ1v) is 8.41. The van der Waals surface area contributed by atoms with Crippen LogP contribution < -0.4 is 10.1 Å². The topological polar surface area (TPSA) is 77.2 Å². The van der Waals surface area contributed by atoms with Crippen molar-refractivity contribution in [1.29, 1.82) is 0 Å². The summed E-state index contributed by atoms with van der Waals surface area (Å²) in [6, 6.07) is 13.0. The number of hydrogen-bond donors (Lipinski definition) is 1. The van der Waals surface area contributed by atoms with Crippen molar-refractivity contribution in [3.63, 3.8) is 0 Å². The summed E-state index contributed by atoms with van der Waals surface area (Å²) in [5, 5.41) is 7.13. The summed E-state index contributed by atoms with van der Waals surface area (Å²) in [4.78, 5) is 16.4. The van der Waals surface area contributed by atoms with E-state index in [4.69, 9.17) is 20.9 Å². The minimum atomic E-state index is -0.159. The van der Waals surface area contributed by atoms with E-state index in [1.165, 1.54) is 0 Å². The number of aryl methyl sites for hydroxylation is 1. The Labute approximate surface area is 156 Å². The van der Waals surface area contributed by atoms with Gasteiger partial charge in [0.05, 0.1) is 25.1 Å². The number of nitrogens with one attached hydrogen (secondary N) is 1. The SMILES string of the molecule is COc1ccc(CC(=O)NCc2noc(-c3ccc(C)cc3)n2)cc1Cl. The van der Waals surface area contributed by atoms with Gasteiger partial charge < -0.3 is 14.6 Å². The van der Waals surface area contributed by atoms with Crippen LogP contribution in [0, 0.1) is 6.92 Å². The molecule has 1 heterocycles. The van der Waals surface area contributed by atoms with Crippen molar-refractivity contribution in [2.24, 2.45) is 0 Å². The number of carbonyl (C=O) groups is 1. The van der Waals surface area contributed by atoms with Crippen LogP contribution in [0.4, 0.5) is 0 Å². The number of amides is 1. The fourth-order valence-electron chi connectivity index (χ4n) is 2.38. The minimum Gasteiger partial charge on any atom is -0.495 e. The van der Waals surface area contributed by atoms with Crippen LogP contribution in [0.2, 0.25) is 5.02 Å². The molecule has 0 fully saturated rings. The molecular weight excluding hydrogens is 354 g/mol. The Morgan fingerprint density at radius 1 is 1.23 bits per heavy atom. The largest absolute Gasteiger partial charge is 0.495 e. The standard InChI is InChI=1S/C19H18ClN3O3/c1-12-3-6-14(7-4-12)19-22-17(23-26-19)11-21-18(24)10-13-5-8-16(25-2)15(20)9-13/h3-9H,10-11H2,1-2H3,(H,21,24). The second-order valence-corrected chi connectivity index (χ2v) is 6.21. The summed E-state index contributed by atoms with van der Waals surface area (Å²) in [5.74, 6) is 1.26. The molecule has 26 heavy (non-hydrogen) atoms. The van der Waals surface area contributed by atoms with E-state index >= 15 is 0 Å². The Morgan fingerprint density at radius 2 is 2.00 bits per heavy atom. The zero-order valence-corrected chi connectivity index (χ0v) is 15.2. The van der Waals surface area contributed by atoms with Crippen molar-refractivity contribution < 1.29 is 14.1 Å². The van der Waals surface area contributed by atoms with Crippen LogP contribution in [0.25, 0.3) is 11.5 Å². The molecule has 7 heteroatoms. The van der Waals surface area contributed by atoms with Crippen molar-refractivity contribution in [2.45, 2.75) is 19.9 Å². The average Bonchev–Trinajstić information content (AvgIpc) is 3.10. The van der Waals surface area contributed by atoms with E-state index in [0.717, 1.165) is 16.7 Å². The van der Waals surface area contributed by atoms with E-state index < -0.39 is 0 Å². The first kappa shape index (κ1) is 17.9. The number of halogens is 1. The minimum absolute atomic E-state index is 0.159. The summed E-state index contributed by atoms with van der Waals surface area (Å²) in [6.07, 6.45) is 0.201. The zero-order chi connectivity index (χ0) is 18.5. The molecule has 0 unspecified atom stereocenters. The van der Waals surface area contributed by atoms with Gasteiger partial charge in [0.1, 0.15) is 5.75 Å². The van der Waals surface area contributed by atoms with Gasteiger partial charge in [-0.05, 0) is 36.8 Å². The van der Waals surface area contributed by atoms with E-state index in [1.807, 2.05) is 31.2 Å². The summed E-state index contributed by atoms with van der Waals surface area (Å²) in [5.41, 5.74) is 2.79. The molecule has 0 aliphatic rings. The van der Waals surface area contributed by atoms with Crippen molar-refractivity contribution in [2.75, 3.05) is 7.11 Å². The molecule has 0 aliphatic heterocycles. The molecule has 2 aromatic carbocycles. The van der Waals surface area contributed by atoms with Gasteiger partial charge in [-0.15, -0.1) is 0 Å². The molecule has 0 bridgehead atoms. The van der Waals surface area contributed by atoms with E-state index in [1.54, 1.807) is 25.3 Å². The summed E-state index contributed by atoms with van der Waals surface area (Å²) >= 11 is 6.07. The van der Waals surface area contributed by atoms with Gasteiger partial charge in [-0.25, -0.2) is 0 Å². The number of rotatable bonds is 6. The van der Waals surface area contributed by atoms with Gasteiger partial charge in [-0.2, -0.15) is 4.98 Å². The number of aromatic nitrogens is 2. The average molecular weight is 372 g/mol. The van der Waals surface area contributed by atoms with Crippen LogP contribution in [0.15, 0.2) is 47.0 Å². The third-order valence-corrected chi connectivity index (χ3v) is 4.09. The molecule has 0 radical (unpaired) electrons. The van der Waals surface area contributed by atoms with E-state index in [0.29, 0.717) is 22.5 Å². The maximum atomic E-state index is 12.1. The van der Waals surface area contributed by atoms with Crippen LogP contribution in [0.3, 0.4) is 0 Å². The highest BCUT2D eigenvalue weighted by Crippen LogP contribution is 2.25. The zero-order valence-electron chi connectivity index (χ0n) is 14.5. The van der Waals surface area contributed by atoms with Gasteiger partial charge in [-0.1, -0.05) is 40.5 Å². The van der Waals surface area contributed by atoms with Crippen LogP contribution in [-0.2, 0) is 17.8 Å². The van der Waals surface area contributed by atoms with Crippen LogP contribution in [0.1, 0.15) is 17.0 Å². The molecule has 0 aliphatic carbocycles. The first-order valence-electron chi connectivity index (χ1n) is 8.04. The van der Waals surface area contributed by atoms with Crippen LogP contribution in [-0.4, -0.2) is 23.2 Å². The molecule has 3 aromatic rings. The molecule has 1 amide bonds. The first-order chi connectivity index (χ1) is 12.5. The monoisotopic (exact) mass is 371 g/mol. The smallest absolute Gasteiger partial charge is 0.257 e. The lowest BCUT2D eigenvalue weighted by Gasteiger charge is -2.06. The Kier molecular flexibility index (Phi) is 5.53. The Balaban J connectivity index is 1.56. The molecule has 0 saturated heterocycles. The quantitative estimate of drug-likeness (QED) is 0.716. The summed E-state index contributed by atoms with van der Waals surface area (Å²) < 4.78 is 10.3. The predicted molar refractivity (Wildman–Crippen MR) is 98.0 cm³/mol. The normalized spacial score (nSPS) is 10.6. The lowest BCUT2D eigenvalue weighted by molar-refractivity contribution is -0.120. The predicted octanol–water partition coefficient (Wildman–Crippen LogP) is 3.57. The Morgan fingerprint density at radius 3 is 2.69 bits per heavy atom. The van der Waals surface area contributed by atoms with Crippen LogP contribution in [0.5, 0.6) is 5.75 Å². The lowest BCUT2D eigenvalue weighted by Crippen LogP contribution is -2.25. The number of methoxy groups -OCH3 is 1. The fourth-order valence-corrected chi connectivity index (χ4v) is 2.66. The Bertz CT molecular complexity index is 907. The molecule has 0 saturated carbocycles. The van der Waals surface area contributed by atoms with Gasteiger partial charge in [-0.3, -0.25) is 4.79 Å². The molecule has 134 valence electrons. The third-order valence-electron chi connectivity index (χ3n) is 3.79. The number of carbonyl (C=O) groups excluding carboxylic acids is 1. The molecule has 0 atom stereocenters. The van der Waals surface area contributed by atoms with Gasteiger partial charge in [0.15, 0.2) is 5.82 Å². The number of benzene rings is 2. The highest BCUT2D eigenvalue weighted by molar-refractivity contribution is 6.32. The molecule has 3 rings (SSSR count). The van der Waals surface area contributed by atoms with E-state index in [-0.39, 0.29) is 18.9 Å². The summed E-state index contributed by atoms with van der Waals surface area (Å²) in [7, 11) is 1.55. The molecule has 1 N–H and O–H groups in total. The Hall–Kier alpha value is -2.86. The second-order valence-electron chi connectivity index (χ2n) is 5.80. The molecule has 0 spiro atoms. The number of ether oxygens (including phenoxy) is 1. The van der Waals surface area contributed by atoms with Gasteiger partial charge in [0.25, 0.3) is 5.89 Å². The van der Waals surface area contributed by atoms with Crippen molar-refractivity contribution in [3.8, 4) is 17.2 Å². The highest BCUT2D eigenvalue weighted by Gasteiger charge is 2.11. The van der Waals surface area contributed by atoms with Crippen LogP contribution >= 0.6 is 11.6 Å². The molecule has 6 nitrogen and oxygen atoms in total. The van der Waals surface area contributed by atoms with Crippen molar-refractivity contribution >= 4 is 17.5 Å². The maximum absolute atomic E-state index is 12.1. The number of hydrogen-bond acceptors (Lipinski definition) is 5.